The minimum Gasteiger partial charge on any atom is -0.455 e. The first-order valence-electron chi connectivity index (χ1n) is 14.1. The number of carbonyl (C=O) groups excluding carboxylic acids is 1. The zero-order chi connectivity index (χ0) is 26.3. The van der Waals surface area contributed by atoms with Crippen LogP contribution in [0.25, 0.3) is 0 Å². The molecule has 0 unspecified atom stereocenters. The van der Waals surface area contributed by atoms with Crippen LogP contribution >= 0.6 is 0 Å². The van der Waals surface area contributed by atoms with Gasteiger partial charge in [0, 0.05) is 13.3 Å². The number of aliphatic hydroxyl groups excluding tert-OH is 2. The van der Waals surface area contributed by atoms with Crippen molar-refractivity contribution in [3.8, 4) is 0 Å². The third kappa shape index (κ3) is 3.40. The van der Waals surface area contributed by atoms with E-state index in [1.54, 1.807) is 0 Å². The molecule has 4 fully saturated rings. The highest BCUT2D eigenvalue weighted by Gasteiger charge is 2.83. The van der Waals surface area contributed by atoms with Crippen molar-refractivity contribution >= 4 is 5.97 Å². The van der Waals surface area contributed by atoms with E-state index in [-0.39, 0.29) is 30.5 Å². The number of esters is 1. The topological polar surface area (TPSA) is 99.5 Å². The second kappa shape index (κ2) is 8.65. The van der Waals surface area contributed by atoms with Crippen LogP contribution in [-0.2, 0) is 14.3 Å². The van der Waals surface area contributed by atoms with Gasteiger partial charge in [0.1, 0.15) is 17.3 Å². The Morgan fingerprint density at radius 3 is 2.61 bits per heavy atom. The summed E-state index contributed by atoms with van der Waals surface area (Å²) in [4.78, 5) is 12.1. The average molecular weight is 503 g/mol. The van der Waals surface area contributed by atoms with E-state index in [1.165, 1.54) is 12.5 Å². The van der Waals surface area contributed by atoms with E-state index in [2.05, 4.69) is 34.3 Å². The van der Waals surface area contributed by atoms with Gasteiger partial charge in [0.25, 0.3) is 0 Å². The van der Waals surface area contributed by atoms with Gasteiger partial charge in [0.2, 0.25) is 0 Å². The lowest BCUT2D eigenvalue weighted by Gasteiger charge is -2.61. The number of aliphatic hydroxyl groups is 3. The molecular formula is C30H46O6. The number of hydrogen-bond donors (Lipinski definition) is 3. The molecule has 3 saturated carbocycles. The van der Waals surface area contributed by atoms with Crippen molar-refractivity contribution in [1.82, 2.24) is 0 Å². The van der Waals surface area contributed by atoms with E-state index < -0.39 is 34.8 Å². The lowest BCUT2D eigenvalue weighted by molar-refractivity contribution is -0.237. The number of fused-ring (bicyclic) bond motifs is 3. The first-order chi connectivity index (χ1) is 16.9. The van der Waals surface area contributed by atoms with Gasteiger partial charge in [-0.3, -0.25) is 4.79 Å². The predicted octanol–water partition coefficient (Wildman–Crippen LogP) is 4.32. The van der Waals surface area contributed by atoms with Gasteiger partial charge in [0.15, 0.2) is 0 Å². The van der Waals surface area contributed by atoms with Gasteiger partial charge >= 0.3 is 5.97 Å². The maximum atomic E-state index is 12.1. The zero-order valence-corrected chi connectivity index (χ0v) is 22.8. The Morgan fingerprint density at radius 2 is 1.97 bits per heavy atom. The van der Waals surface area contributed by atoms with Crippen LogP contribution in [0.1, 0.15) is 86.0 Å². The van der Waals surface area contributed by atoms with Crippen molar-refractivity contribution in [1.29, 1.82) is 0 Å². The largest absolute Gasteiger partial charge is 0.455 e. The standard InChI is InChI=1S/C30H46O6/c1-17(2)18(3)7-8-19(4)22-9-10-23-24-13-25(35-20(5)32)29(34)14-21(33)11-12-28(29,16-31)30(24)26(36-30)15-27(22,23)6/h13,17,19,21-23,25-26,31,33-34H,3,7-12,14-16H2,1-2,4-6H3/t19-,21+,22-,23+,25+,26-,27-,28-,29+,30+/m1/s1. The first kappa shape index (κ1) is 26.4. The molecule has 0 amide bonds. The highest BCUT2D eigenvalue weighted by Crippen LogP contribution is 2.76. The molecule has 202 valence electrons. The van der Waals surface area contributed by atoms with Crippen molar-refractivity contribution < 1.29 is 29.6 Å². The van der Waals surface area contributed by atoms with Crippen LogP contribution in [0.3, 0.4) is 0 Å². The highest BCUT2D eigenvalue weighted by molar-refractivity contribution is 5.67. The molecule has 6 nitrogen and oxygen atoms in total. The van der Waals surface area contributed by atoms with Crippen LogP contribution in [0.5, 0.6) is 0 Å². The minimum absolute atomic E-state index is 0.0517. The fourth-order valence-electron chi connectivity index (χ4n) is 9.26. The number of carbonyl (C=O) groups is 1. The number of rotatable bonds is 7. The lowest BCUT2D eigenvalue weighted by Crippen LogP contribution is -2.72. The van der Waals surface area contributed by atoms with Crippen LogP contribution in [0.15, 0.2) is 23.8 Å². The molecule has 4 aliphatic carbocycles. The molecule has 10 atom stereocenters. The summed E-state index contributed by atoms with van der Waals surface area (Å²) in [6.45, 7) is 14.6. The third-order valence-electron chi connectivity index (χ3n) is 11.3. The van der Waals surface area contributed by atoms with Gasteiger partial charge in [-0.15, -0.1) is 0 Å². The molecule has 3 N–H and O–H groups in total. The Bertz CT molecular complexity index is 957. The fraction of sp³-hybridized carbons (Fsp3) is 0.833. The Morgan fingerprint density at radius 1 is 1.25 bits per heavy atom. The van der Waals surface area contributed by atoms with Crippen LogP contribution in [0.4, 0.5) is 0 Å². The van der Waals surface area contributed by atoms with E-state index in [9.17, 15) is 20.1 Å². The Labute approximate surface area is 216 Å². The summed E-state index contributed by atoms with van der Waals surface area (Å²) in [5.74, 6) is 1.41. The number of ether oxygens (including phenoxy) is 2. The van der Waals surface area contributed by atoms with Gasteiger partial charge in [-0.2, -0.15) is 0 Å². The average Bonchev–Trinajstić information content (AvgIpc) is 3.41. The van der Waals surface area contributed by atoms with Gasteiger partial charge in [0.05, 0.1) is 24.2 Å². The second-order valence-corrected chi connectivity index (χ2v) is 13.3. The van der Waals surface area contributed by atoms with Gasteiger partial charge < -0.3 is 24.8 Å². The van der Waals surface area contributed by atoms with E-state index in [0.29, 0.717) is 30.6 Å². The molecule has 5 aliphatic rings. The fourth-order valence-corrected chi connectivity index (χ4v) is 9.26. The molecule has 0 radical (unpaired) electrons. The SMILES string of the molecule is C=C(CC[C@@H](C)[C@H]1CC[C@H]2C3=C[C@H](OC(C)=O)[C@@]4(O)C[C@@H](O)CC[C@]4(CO)[C@]34O[C@@H]4C[C@]12C)C(C)C. The molecule has 1 aliphatic heterocycles. The smallest absolute Gasteiger partial charge is 0.303 e. The van der Waals surface area contributed by atoms with Crippen molar-refractivity contribution in [3.63, 3.8) is 0 Å². The van der Waals surface area contributed by atoms with Crippen molar-refractivity contribution in [3.05, 3.63) is 23.8 Å². The van der Waals surface area contributed by atoms with E-state index in [4.69, 9.17) is 9.47 Å². The molecule has 5 rings (SSSR count). The van der Waals surface area contributed by atoms with E-state index in [0.717, 1.165) is 37.7 Å². The molecule has 36 heavy (non-hydrogen) atoms. The zero-order valence-electron chi connectivity index (χ0n) is 22.8. The number of hydrogen-bond acceptors (Lipinski definition) is 6. The molecule has 1 saturated heterocycles. The Balaban J connectivity index is 1.52. The van der Waals surface area contributed by atoms with E-state index >= 15 is 0 Å². The van der Waals surface area contributed by atoms with Crippen LogP contribution in [0, 0.1) is 34.5 Å². The van der Waals surface area contributed by atoms with Gasteiger partial charge in [-0.05, 0) is 85.7 Å². The molecule has 6 heteroatoms. The molecule has 1 spiro atoms. The summed E-state index contributed by atoms with van der Waals surface area (Å²) in [5.41, 5.74) is -0.799. The highest BCUT2D eigenvalue weighted by atomic mass is 16.6. The van der Waals surface area contributed by atoms with Crippen molar-refractivity contribution in [2.24, 2.45) is 34.5 Å². The van der Waals surface area contributed by atoms with Crippen molar-refractivity contribution in [2.75, 3.05) is 6.61 Å². The molecular weight excluding hydrogens is 456 g/mol. The maximum absolute atomic E-state index is 12.1. The summed E-state index contributed by atoms with van der Waals surface area (Å²) in [6, 6.07) is 0. The maximum Gasteiger partial charge on any atom is 0.303 e. The van der Waals surface area contributed by atoms with Gasteiger partial charge in [-0.1, -0.05) is 39.8 Å². The normalized spacial score (nSPS) is 47.7. The Kier molecular flexibility index (Phi) is 6.35. The number of allylic oxidation sites excluding steroid dienone is 1. The monoisotopic (exact) mass is 502 g/mol. The van der Waals surface area contributed by atoms with Crippen LogP contribution in [-0.4, -0.2) is 57.4 Å². The summed E-state index contributed by atoms with van der Waals surface area (Å²) >= 11 is 0. The summed E-state index contributed by atoms with van der Waals surface area (Å²) in [5, 5.41) is 33.6. The molecule has 0 aromatic rings. The number of epoxide rings is 1. The minimum atomic E-state index is -1.57. The lowest BCUT2D eigenvalue weighted by atomic mass is 9.44. The van der Waals surface area contributed by atoms with Crippen molar-refractivity contribution in [2.45, 2.75) is 115 Å². The Hall–Kier alpha value is -1.21. The first-order valence-corrected chi connectivity index (χ1v) is 14.1. The van der Waals surface area contributed by atoms with E-state index in [1.807, 2.05) is 6.08 Å². The molecule has 0 aromatic heterocycles. The molecule has 1 heterocycles. The third-order valence-corrected chi connectivity index (χ3v) is 11.3. The molecule has 0 aromatic carbocycles. The van der Waals surface area contributed by atoms with Gasteiger partial charge in [-0.25, -0.2) is 0 Å². The summed E-state index contributed by atoms with van der Waals surface area (Å²) in [7, 11) is 0. The summed E-state index contributed by atoms with van der Waals surface area (Å²) < 4.78 is 12.4. The summed E-state index contributed by atoms with van der Waals surface area (Å²) in [6.07, 6.45) is 6.54. The van der Waals surface area contributed by atoms with Crippen LogP contribution < -0.4 is 0 Å². The predicted molar refractivity (Wildman–Crippen MR) is 137 cm³/mol. The van der Waals surface area contributed by atoms with Crippen LogP contribution in [0.2, 0.25) is 0 Å². The quantitative estimate of drug-likeness (QED) is 0.272. The second-order valence-electron chi connectivity index (χ2n) is 13.3. The molecule has 0 bridgehead atoms.